The minimum absolute atomic E-state index is 0.0818. The number of H-pyrrole nitrogens is 2. The summed E-state index contributed by atoms with van der Waals surface area (Å²) in [5.41, 5.74) is -0.712. The standard InChI is InChI=1S/C10H11FN2O3/c1-4-3-5(11)8(16-2)6-7(4)12-10(15)13-9(6)14/h4H,3H2,1-2H3,(H2,12,13,14,15). The van der Waals surface area contributed by atoms with Gasteiger partial charge in [-0.05, 0) is 0 Å². The molecule has 0 saturated carbocycles. The van der Waals surface area contributed by atoms with Gasteiger partial charge in [0, 0.05) is 18.0 Å². The van der Waals surface area contributed by atoms with Crippen LogP contribution >= 0.6 is 0 Å². The summed E-state index contributed by atoms with van der Waals surface area (Å²) < 4.78 is 18.4. The average Bonchev–Trinajstić information content (AvgIpc) is 2.20. The number of allylic oxidation sites excluding steroid dienone is 1. The number of methoxy groups -OCH3 is 1. The van der Waals surface area contributed by atoms with Gasteiger partial charge in [-0.15, -0.1) is 0 Å². The van der Waals surface area contributed by atoms with Crippen LogP contribution in [-0.2, 0) is 4.74 Å². The summed E-state index contributed by atoms with van der Waals surface area (Å²) in [6, 6.07) is 0. The van der Waals surface area contributed by atoms with Gasteiger partial charge >= 0.3 is 5.69 Å². The van der Waals surface area contributed by atoms with Crippen LogP contribution in [0.5, 0.6) is 0 Å². The van der Waals surface area contributed by atoms with Gasteiger partial charge in [0.25, 0.3) is 5.56 Å². The number of halogens is 1. The molecule has 2 N–H and O–H groups in total. The highest BCUT2D eigenvalue weighted by Crippen LogP contribution is 2.35. The van der Waals surface area contributed by atoms with Crippen molar-refractivity contribution in [3.05, 3.63) is 37.9 Å². The van der Waals surface area contributed by atoms with Gasteiger partial charge in [0.1, 0.15) is 11.4 Å². The van der Waals surface area contributed by atoms with Crippen LogP contribution in [0, 0.1) is 0 Å². The topological polar surface area (TPSA) is 75.0 Å². The summed E-state index contributed by atoms with van der Waals surface area (Å²) in [6.07, 6.45) is 0.121. The predicted molar refractivity (Wildman–Crippen MR) is 55.8 cm³/mol. The van der Waals surface area contributed by atoms with E-state index in [0.717, 1.165) is 0 Å². The maximum absolute atomic E-state index is 13.6. The van der Waals surface area contributed by atoms with E-state index < -0.39 is 17.1 Å². The Morgan fingerprint density at radius 1 is 1.38 bits per heavy atom. The maximum Gasteiger partial charge on any atom is 0.325 e. The van der Waals surface area contributed by atoms with E-state index in [-0.39, 0.29) is 23.7 Å². The summed E-state index contributed by atoms with van der Waals surface area (Å²) in [6.45, 7) is 1.74. The van der Waals surface area contributed by atoms with E-state index in [1.165, 1.54) is 7.11 Å². The van der Waals surface area contributed by atoms with Crippen molar-refractivity contribution >= 4 is 5.76 Å². The smallest absolute Gasteiger partial charge is 0.325 e. The third-order valence-corrected chi connectivity index (χ3v) is 2.63. The second-order valence-electron chi connectivity index (χ2n) is 3.74. The molecule has 5 nitrogen and oxygen atoms in total. The number of nitrogens with one attached hydrogen (secondary N) is 2. The molecular weight excluding hydrogens is 215 g/mol. The van der Waals surface area contributed by atoms with E-state index in [4.69, 9.17) is 4.74 Å². The molecule has 0 aliphatic heterocycles. The molecule has 1 unspecified atom stereocenters. The maximum atomic E-state index is 13.6. The Labute approximate surface area is 90.0 Å². The Morgan fingerprint density at radius 3 is 2.69 bits per heavy atom. The SMILES string of the molecule is COC1=C(F)CC(C)c2[nH]c(=O)[nH]c(=O)c21. The van der Waals surface area contributed by atoms with Gasteiger partial charge in [0.2, 0.25) is 0 Å². The fourth-order valence-corrected chi connectivity index (χ4v) is 1.91. The summed E-state index contributed by atoms with van der Waals surface area (Å²) in [4.78, 5) is 27.3. The largest absolute Gasteiger partial charge is 0.493 e. The first-order valence-electron chi connectivity index (χ1n) is 4.84. The van der Waals surface area contributed by atoms with Crippen LogP contribution in [0.1, 0.15) is 30.5 Å². The zero-order chi connectivity index (χ0) is 11.9. The number of aromatic nitrogens is 2. The van der Waals surface area contributed by atoms with E-state index in [1.54, 1.807) is 6.92 Å². The Balaban J connectivity index is 2.81. The third kappa shape index (κ3) is 1.46. The first-order chi connectivity index (χ1) is 7.54. The molecule has 1 aliphatic rings. The highest BCUT2D eigenvalue weighted by molar-refractivity contribution is 5.65. The van der Waals surface area contributed by atoms with Gasteiger partial charge in [-0.3, -0.25) is 9.78 Å². The van der Waals surface area contributed by atoms with Crippen LogP contribution in [0.4, 0.5) is 4.39 Å². The quantitative estimate of drug-likeness (QED) is 0.745. The lowest BCUT2D eigenvalue weighted by molar-refractivity contribution is 0.343. The number of fused-ring (bicyclic) bond motifs is 1. The lowest BCUT2D eigenvalue weighted by Crippen LogP contribution is -2.30. The molecule has 0 fully saturated rings. The van der Waals surface area contributed by atoms with Crippen molar-refractivity contribution in [1.29, 1.82) is 0 Å². The van der Waals surface area contributed by atoms with Crippen molar-refractivity contribution in [2.75, 3.05) is 7.11 Å². The predicted octanol–water partition coefficient (Wildman–Crippen LogP) is 0.855. The zero-order valence-corrected chi connectivity index (χ0v) is 8.89. The fourth-order valence-electron chi connectivity index (χ4n) is 1.91. The second kappa shape index (κ2) is 3.62. The molecule has 1 heterocycles. The lowest BCUT2D eigenvalue weighted by atomic mass is 9.92. The van der Waals surface area contributed by atoms with Crippen molar-refractivity contribution in [2.24, 2.45) is 0 Å². The summed E-state index contributed by atoms with van der Waals surface area (Å²) in [5.74, 6) is -0.811. The Morgan fingerprint density at radius 2 is 2.06 bits per heavy atom. The van der Waals surface area contributed by atoms with E-state index in [0.29, 0.717) is 5.69 Å². The zero-order valence-electron chi connectivity index (χ0n) is 8.89. The number of aromatic amines is 2. The van der Waals surface area contributed by atoms with E-state index in [2.05, 4.69) is 9.97 Å². The van der Waals surface area contributed by atoms with Crippen LogP contribution < -0.4 is 11.2 Å². The monoisotopic (exact) mass is 226 g/mol. The molecule has 0 saturated heterocycles. The summed E-state index contributed by atoms with van der Waals surface area (Å²) in [7, 11) is 1.29. The van der Waals surface area contributed by atoms with Crippen LogP contribution in [0.25, 0.3) is 5.76 Å². The van der Waals surface area contributed by atoms with Crippen LogP contribution in [-0.4, -0.2) is 17.1 Å². The van der Waals surface area contributed by atoms with Crippen LogP contribution in [0.2, 0.25) is 0 Å². The second-order valence-corrected chi connectivity index (χ2v) is 3.74. The van der Waals surface area contributed by atoms with Gasteiger partial charge in [0.15, 0.2) is 5.76 Å². The molecule has 0 spiro atoms. The van der Waals surface area contributed by atoms with E-state index in [9.17, 15) is 14.0 Å². The Bertz CT molecular complexity index is 570. The number of ether oxygens (including phenoxy) is 1. The molecule has 86 valence electrons. The van der Waals surface area contributed by atoms with Crippen LogP contribution in [0.3, 0.4) is 0 Å². The van der Waals surface area contributed by atoms with Gasteiger partial charge < -0.3 is 9.72 Å². The number of hydrogen-bond acceptors (Lipinski definition) is 3. The molecule has 0 radical (unpaired) electrons. The van der Waals surface area contributed by atoms with Gasteiger partial charge in [-0.2, -0.15) is 0 Å². The van der Waals surface area contributed by atoms with E-state index >= 15 is 0 Å². The van der Waals surface area contributed by atoms with Gasteiger partial charge in [-0.25, -0.2) is 9.18 Å². The molecule has 0 aromatic carbocycles. The molecule has 1 aromatic rings. The van der Waals surface area contributed by atoms with Crippen molar-refractivity contribution in [2.45, 2.75) is 19.3 Å². The van der Waals surface area contributed by atoms with Gasteiger partial charge in [-0.1, -0.05) is 6.92 Å². The molecule has 0 amide bonds. The number of rotatable bonds is 1. The molecule has 0 bridgehead atoms. The fraction of sp³-hybridized carbons (Fsp3) is 0.400. The van der Waals surface area contributed by atoms with Crippen molar-refractivity contribution in [1.82, 2.24) is 9.97 Å². The summed E-state index contributed by atoms with van der Waals surface area (Å²) >= 11 is 0. The minimum atomic E-state index is -0.627. The lowest BCUT2D eigenvalue weighted by Gasteiger charge is -2.21. The molecule has 2 rings (SSSR count). The molecule has 16 heavy (non-hydrogen) atoms. The van der Waals surface area contributed by atoms with Crippen molar-refractivity contribution < 1.29 is 9.13 Å². The minimum Gasteiger partial charge on any atom is -0.493 e. The Hall–Kier alpha value is -1.85. The highest BCUT2D eigenvalue weighted by atomic mass is 19.1. The molecule has 1 aliphatic carbocycles. The van der Waals surface area contributed by atoms with Gasteiger partial charge in [0.05, 0.1) is 7.11 Å². The Kier molecular flexibility index (Phi) is 2.41. The third-order valence-electron chi connectivity index (χ3n) is 2.63. The molecule has 1 aromatic heterocycles. The first-order valence-corrected chi connectivity index (χ1v) is 4.84. The van der Waals surface area contributed by atoms with Crippen molar-refractivity contribution in [3.8, 4) is 0 Å². The average molecular weight is 226 g/mol. The van der Waals surface area contributed by atoms with E-state index in [1.807, 2.05) is 0 Å². The van der Waals surface area contributed by atoms with Crippen molar-refractivity contribution in [3.63, 3.8) is 0 Å². The number of hydrogen-bond donors (Lipinski definition) is 2. The van der Waals surface area contributed by atoms with Crippen LogP contribution in [0.15, 0.2) is 15.4 Å². The first kappa shape index (κ1) is 10.7. The normalized spacial score (nSPS) is 19.6. The summed E-state index contributed by atoms with van der Waals surface area (Å²) in [5, 5.41) is 0. The molecular formula is C10H11FN2O3. The molecule has 6 heteroatoms. The highest BCUT2D eigenvalue weighted by Gasteiger charge is 2.28. The molecule has 1 atom stereocenters.